The van der Waals surface area contributed by atoms with E-state index in [4.69, 9.17) is 0 Å². The molecule has 2 aromatic rings. The van der Waals surface area contributed by atoms with Crippen LogP contribution in [0.3, 0.4) is 0 Å². The van der Waals surface area contributed by atoms with Gasteiger partial charge in [-0.25, -0.2) is 4.39 Å². The van der Waals surface area contributed by atoms with E-state index in [0.29, 0.717) is 5.56 Å². The fourth-order valence-electron chi connectivity index (χ4n) is 3.34. The van der Waals surface area contributed by atoms with Crippen molar-refractivity contribution in [1.29, 1.82) is 0 Å². The summed E-state index contributed by atoms with van der Waals surface area (Å²) in [5.41, 5.74) is 2.38. The molecule has 146 valence electrons. The zero-order valence-corrected chi connectivity index (χ0v) is 16.7. The standard InChI is InChI=1S/C24H32FNO/c1-26(2)19-11-7-5-3-4-6-8-12-20-13-9-10-14-23(20)24(27)21-15-17-22(25)18-16-21/h9-10,13-18H,3-8,11-12,19H2,1-2H3. The molecule has 0 saturated heterocycles. The first-order valence-corrected chi connectivity index (χ1v) is 10.1. The smallest absolute Gasteiger partial charge is 0.193 e. The van der Waals surface area contributed by atoms with E-state index >= 15 is 0 Å². The Morgan fingerprint density at radius 3 is 2.07 bits per heavy atom. The van der Waals surface area contributed by atoms with E-state index in [-0.39, 0.29) is 11.6 Å². The molecular weight excluding hydrogens is 337 g/mol. The van der Waals surface area contributed by atoms with Gasteiger partial charge in [-0.1, -0.05) is 56.4 Å². The van der Waals surface area contributed by atoms with Crippen molar-refractivity contribution in [3.63, 3.8) is 0 Å². The Labute approximate surface area is 163 Å². The number of aryl methyl sites for hydroxylation is 1. The summed E-state index contributed by atoms with van der Waals surface area (Å²) >= 11 is 0. The molecule has 0 heterocycles. The number of benzene rings is 2. The summed E-state index contributed by atoms with van der Waals surface area (Å²) in [4.78, 5) is 15.0. The Morgan fingerprint density at radius 1 is 0.815 bits per heavy atom. The number of halogens is 1. The van der Waals surface area contributed by atoms with Crippen molar-refractivity contribution < 1.29 is 9.18 Å². The largest absolute Gasteiger partial charge is 0.309 e. The topological polar surface area (TPSA) is 20.3 Å². The van der Waals surface area contributed by atoms with Gasteiger partial charge in [-0.05, 0) is 69.7 Å². The zero-order chi connectivity index (χ0) is 19.5. The Kier molecular flexibility index (Phi) is 9.20. The van der Waals surface area contributed by atoms with Gasteiger partial charge in [0.05, 0.1) is 0 Å². The second-order valence-corrected chi connectivity index (χ2v) is 7.52. The normalized spacial score (nSPS) is 11.1. The molecule has 2 rings (SSSR count). The SMILES string of the molecule is CN(C)CCCCCCCCCc1ccccc1C(=O)c1ccc(F)cc1. The van der Waals surface area contributed by atoms with E-state index in [1.165, 1.54) is 57.2 Å². The van der Waals surface area contributed by atoms with E-state index in [2.05, 4.69) is 19.0 Å². The molecule has 0 aliphatic carbocycles. The van der Waals surface area contributed by atoms with E-state index in [0.717, 1.165) is 24.0 Å². The predicted molar refractivity (Wildman–Crippen MR) is 111 cm³/mol. The lowest BCUT2D eigenvalue weighted by molar-refractivity contribution is 0.103. The van der Waals surface area contributed by atoms with Crippen molar-refractivity contribution in [1.82, 2.24) is 4.90 Å². The molecular formula is C24H32FNO. The number of carbonyl (C=O) groups is 1. The van der Waals surface area contributed by atoms with Crippen LogP contribution in [-0.2, 0) is 6.42 Å². The van der Waals surface area contributed by atoms with Crippen molar-refractivity contribution in [2.75, 3.05) is 20.6 Å². The van der Waals surface area contributed by atoms with Crippen LogP contribution < -0.4 is 0 Å². The molecule has 27 heavy (non-hydrogen) atoms. The molecule has 0 aliphatic rings. The molecule has 0 bridgehead atoms. The van der Waals surface area contributed by atoms with E-state index in [1.807, 2.05) is 24.3 Å². The Balaban J connectivity index is 1.76. The number of unbranched alkanes of at least 4 members (excludes halogenated alkanes) is 6. The van der Waals surface area contributed by atoms with Gasteiger partial charge in [0.15, 0.2) is 5.78 Å². The van der Waals surface area contributed by atoms with E-state index in [9.17, 15) is 9.18 Å². The third kappa shape index (κ3) is 7.64. The summed E-state index contributed by atoms with van der Waals surface area (Å²) in [5.74, 6) is -0.340. The van der Waals surface area contributed by atoms with Crippen molar-refractivity contribution in [3.05, 3.63) is 71.0 Å². The molecule has 3 heteroatoms. The summed E-state index contributed by atoms with van der Waals surface area (Å²) < 4.78 is 13.1. The van der Waals surface area contributed by atoms with Crippen molar-refractivity contribution in [3.8, 4) is 0 Å². The monoisotopic (exact) mass is 369 g/mol. The minimum absolute atomic E-state index is 0.0218. The quantitative estimate of drug-likeness (QED) is 0.343. The van der Waals surface area contributed by atoms with Crippen LogP contribution >= 0.6 is 0 Å². The molecule has 2 aromatic carbocycles. The molecule has 0 aromatic heterocycles. The molecule has 0 saturated carbocycles. The van der Waals surface area contributed by atoms with Gasteiger partial charge in [0.25, 0.3) is 0 Å². The molecule has 0 unspecified atom stereocenters. The van der Waals surface area contributed by atoms with Crippen molar-refractivity contribution in [2.45, 2.75) is 51.4 Å². The van der Waals surface area contributed by atoms with Gasteiger partial charge in [-0.2, -0.15) is 0 Å². The van der Waals surface area contributed by atoms with Gasteiger partial charge in [0.2, 0.25) is 0 Å². The van der Waals surface area contributed by atoms with Crippen LogP contribution in [-0.4, -0.2) is 31.3 Å². The first-order chi connectivity index (χ1) is 13.1. The fraction of sp³-hybridized carbons (Fsp3) is 0.458. The van der Waals surface area contributed by atoms with Gasteiger partial charge < -0.3 is 4.90 Å². The molecule has 0 amide bonds. The zero-order valence-electron chi connectivity index (χ0n) is 16.7. The molecule has 0 N–H and O–H groups in total. The Bertz CT molecular complexity index is 694. The van der Waals surface area contributed by atoms with Gasteiger partial charge in [0.1, 0.15) is 5.82 Å². The van der Waals surface area contributed by atoms with Crippen LogP contribution in [0, 0.1) is 5.82 Å². The number of ketones is 1. The fourth-order valence-corrected chi connectivity index (χ4v) is 3.34. The number of nitrogens with zero attached hydrogens (tertiary/aromatic N) is 1. The Morgan fingerprint density at radius 2 is 1.41 bits per heavy atom. The second-order valence-electron chi connectivity index (χ2n) is 7.52. The van der Waals surface area contributed by atoms with Crippen LogP contribution in [0.2, 0.25) is 0 Å². The predicted octanol–water partition coefficient (Wildman–Crippen LogP) is 5.89. The molecule has 0 atom stereocenters. The number of hydrogen-bond acceptors (Lipinski definition) is 2. The molecule has 2 nitrogen and oxygen atoms in total. The lowest BCUT2D eigenvalue weighted by Crippen LogP contribution is -2.12. The van der Waals surface area contributed by atoms with Crippen LogP contribution in [0.1, 0.15) is 66.4 Å². The summed E-state index contributed by atoms with van der Waals surface area (Å²) in [6, 6.07) is 13.6. The van der Waals surface area contributed by atoms with Crippen molar-refractivity contribution in [2.24, 2.45) is 0 Å². The maximum Gasteiger partial charge on any atom is 0.193 e. The van der Waals surface area contributed by atoms with Crippen molar-refractivity contribution >= 4 is 5.78 Å². The highest BCUT2D eigenvalue weighted by Crippen LogP contribution is 2.18. The third-order valence-electron chi connectivity index (χ3n) is 4.92. The summed E-state index contributed by atoms with van der Waals surface area (Å²) in [6.07, 6.45) is 9.69. The summed E-state index contributed by atoms with van der Waals surface area (Å²) in [5, 5.41) is 0. The first-order valence-electron chi connectivity index (χ1n) is 10.1. The average Bonchev–Trinajstić information content (AvgIpc) is 2.67. The third-order valence-corrected chi connectivity index (χ3v) is 4.92. The number of hydrogen-bond donors (Lipinski definition) is 0. The van der Waals surface area contributed by atoms with Gasteiger partial charge in [-0.15, -0.1) is 0 Å². The minimum atomic E-state index is -0.318. The molecule has 0 aliphatic heterocycles. The van der Waals surface area contributed by atoms with Crippen LogP contribution in [0.25, 0.3) is 0 Å². The average molecular weight is 370 g/mol. The molecule has 0 fully saturated rings. The molecule has 0 spiro atoms. The molecule has 0 radical (unpaired) electrons. The first kappa shape index (κ1) is 21.3. The van der Waals surface area contributed by atoms with Gasteiger partial charge in [0, 0.05) is 11.1 Å². The second kappa shape index (κ2) is 11.7. The van der Waals surface area contributed by atoms with Gasteiger partial charge in [-0.3, -0.25) is 4.79 Å². The minimum Gasteiger partial charge on any atom is -0.309 e. The number of rotatable bonds is 12. The van der Waals surface area contributed by atoms with Crippen LogP contribution in [0.15, 0.2) is 48.5 Å². The lowest BCUT2D eigenvalue weighted by atomic mass is 9.95. The van der Waals surface area contributed by atoms with E-state index < -0.39 is 0 Å². The van der Waals surface area contributed by atoms with Crippen LogP contribution in [0.4, 0.5) is 4.39 Å². The van der Waals surface area contributed by atoms with Crippen LogP contribution in [0.5, 0.6) is 0 Å². The lowest BCUT2D eigenvalue weighted by Gasteiger charge is -2.10. The highest BCUT2D eigenvalue weighted by Gasteiger charge is 2.13. The summed E-state index contributed by atoms with van der Waals surface area (Å²) in [6.45, 7) is 1.18. The number of carbonyl (C=O) groups excluding carboxylic acids is 1. The van der Waals surface area contributed by atoms with E-state index in [1.54, 1.807) is 12.1 Å². The maximum absolute atomic E-state index is 13.1. The highest BCUT2D eigenvalue weighted by molar-refractivity contribution is 6.09. The maximum atomic E-state index is 13.1. The highest BCUT2D eigenvalue weighted by atomic mass is 19.1. The Hall–Kier alpha value is -2.00. The summed E-state index contributed by atoms with van der Waals surface area (Å²) in [7, 11) is 4.25. The van der Waals surface area contributed by atoms with Gasteiger partial charge >= 0.3 is 0 Å².